The Morgan fingerprint density at radius 3 is 2.93 bits per heavy atom. The van der Waals surface area contributed by atoms with Gasteiger partial charge in [-0.2, -0.15) is 5.10 Å². The van der Waals surface area contributed by atoms with Crippen molar-refractivity contribution in [1.29, 1.82) is 0 Å². The molecule has 0 fully saturated rings. The van der Waals surface area contributed by atoms with Crippen molar-refractivity contribution < 1.29 is 4.39 Å². The zero-order chi connectivity index (χ0) is 10.7. The van der Waals surface area contributed by atoms with Gasteiger partial charge in [-0.05, 0) is 18.4 Å². The lowest BCUT2D eigenvalue weighted by Crippen LogP contribution is -1.92. The normalized spacial score (nSPS) is 10.3. The van der Waals surface area contributed by atoms with Crippen molar-refractivity contribution in [2.75, 3.05) is 6.26 Å². The van der Waals surface area contributed by atoms with Gasteiger partial charge in [0.25, 0.3) is 0 Å². The molecule has 0 aliphatic rings. The number of aromatic nitrogens is 3. The molecule has 0 saturated heterocycles. The molecule has 3 nitrogen and oxygen atoms in total. The average molecular weight is 221 g/mol. The fraction of sp³-hybridized carbons (Fsp3) is 0.100. The van der Waals surface area contributed by atoms with Crippen molar-refractivity contribution >= 4 is 11.8 Å². The summed E-state index contributed by atoms with van der Waals surface area (Å²) in [5.74, 6) is -0.281. The van der Waals surface area contributed by atoms with E-state index in [1.807, 2.05) is 6.26 Å². The minimum absolute atomic E-state index is 0.281. The standard InChI is InChI=1S/C10H8FN3S/c1-15-10-13-9(6-12-14-10)7-3-2-4-8(11)5-7/h2-6H,1H3. The molecule has 1 aromatic heterocycles. The predicted octanol–water partition coefficient (Wildman–Crippen LogP) is 2.40. The Balaban J connectivity index is 2.44. The summed E-state index contributed by atoms with van der Waals surface area (Å²) in [7, 11) is 0. The van der Waals surface area contributed by atoms with Gasteiger partial charge in [0.2, 0.25) is 5.16 Å². The van der Waals surface area contributed by atoms with Crippen molar-refractivity contribution in [2.45, 2.75) is 5.16 Å². The number of halogens is 1. The Labute approximate surface area is 90.8 Å². The monoisotopic (exact) mass is 221 g/mol. The quantitative estimate of drug-likeness (QED) is 0.730. The molecule has 0 N–H and O–H groups in total. The predicted molar refractivity (Wildman–Crippen MR) is 57.0 cm³/mol. The SMILES string of the molecule is CSc1nncc(-c2cccc(F)c2)n1. The first-order valence-corrected chi connectivity index (χ1v) is 5.52. The molecule has 2 rings (SSSR count). The molecule has 2 aromatic rings. The van der Waals surface area contributed by atoms with Crippen LogP contribution in [0.1, 0.15) is 0 Å². The van der Waals surface area contributed by atoms with Crippen molar-refractivity contribution in [1.82, 2.24) is 15.2 Å². The van der Waals surface area contributed by atoms with Crippen LogP contribution in [0.15, 0.2) is 35.6 Å². The second kappa shape index (κ2) is 4.35. The zero-order valence-electron chi connectivity index (χ0n) is 8.01. The average Bonchev–Trinajstić information content (AvgIpc) is 2.29. The van der Waals surface area contributed by atoms with Gasteiger partial charge in [-0.15, -0.1) is 5.10 Å². The van der Waals surface area contributed by atoms with Crippen LogP contribution in [-0.4, -0.2) is 21.4 Å². The lowest BCUT2D eigenvalue weighted by atomic mass is 10.2. The maximum absolute atomic E-state index is 13.0. The fourth-order valence-electron chi connectivity index (χ4n) is 1.16. The molecule has 0 bridgehead atoms. The Hall–Kier alpha value is -1.49. The highest BCUT2D eigenvalue weighted by molar-refractivity contribution is 7.98. The van der Waals surface area contributed by atoms with E-state index in [9.17, 15) is 4.39 Å². The van der Waals surface area contributed by atoms with Crippen LogP contribution in [0.3, 0.4) is 0 Å². The van der Waals surface area contributed by atoms with E-state index >= 15 is 0 Å². The van der Waals surface area contributed by atoms with Gasteiger partial charge >= 0.3 is 0 Å². The smallest absolute Gasteiger partial charge is 0.209 e. The molecule has 0 aliphatic carbocycles. The van der Waals surface area contributed by atoms with Crippen LogP contribution in [0, 0.1) is 5.82 Å². The summed E-state index contributed by atoms with van der Waals surface area (Å²) >= 11 is 1.40. The molecule has 0 spiro atoms. The second-order valence-corrected chi connectivity index (χ2v) is 3.61. The minimum Gasteiger partial charge on any atom is -0.219 e. The maximum Gasteiger partial charge on any atom is 0.209 e. The molecule has 15 heavy (non-hydrogen) atoms. The first-order chi connectivity index (χ1) is 7.29. The third-order valence-corrected chi connectivity index (χ3v) is 2.38. The van der Waals surface area contributed by atoms with E-state index in [0.717, 1.165) is 0 Å². The van der Waals surface area contributed by atoms with Gasteiger partial charge in [0.05, 0.1) is 11.9 Å². The summed E-state index contributed by atoms with van der Waals surface area (Å²) in [6, 6.07) is 6.25. The van der Waals surface area contributed by atoms with Gasteiger partial charge in [-0.3, -0.25) is 0 Å². The van der Waals surface area contributed by atoms with Gasteiger partial charge in [0.15, 0.2) is 0 Å². The van der Waals surface area contributed by atoms with E-state index in [1.165, 1.54) is 30.1 Å². The molecular weight excluding hydrogens is 213 g/mol. The summed E-state index contributed by atoms with van der Waals surface area (Å²) in [5.41, 5.74) is 1.34. The zero-order valence-corrected chi connectivity index (χ0v) is 8.83. The molecule has 0 radical (unpaired) electrons. The number of hydrogen-bond donors (Lipinski definition) is 0. The lowest BCUT2D eigenvalue weighted by molar-refractivity contribution is 0.628. The van der Waals surface area contributed by atoms with Crippen LogP contribution < -0.4 is 0 Å². The van der Waals surface area contributed by atoms with E-state index in [2.05, 4.69) is 15.2 Å². The van der Waals surface area contributed by atoms with Gasteiger partial charge in [-0.1, -0.05) is 23.9 Å². The highest BCUT2D eigenvalue weighted by atomic mass is 32.2. The summed E-state index contributed by atoms with van der Waals surface area (Å²) in [6.07, 6.45) is 3.39. The van der Waals surface area contributed by atoms with Crippen LogP contribution >= 0.6 is 11.8 Å². The fourth-order valence-corrected chi connectivity index (χ4v) is 1.48. The number of rotatable bonds is 2. The van der Waals surface area contributed by atoms with E-state index in [4.69, 9.17) is 0 Å². The molecule has 1 aromatic carbocycles. The molecule has 0 aliphatic heterocycles. The van der Waals surface area contributed by atoms with Crippen LogP contribution in [0.5, 0.6) is 0 Å². The van der Waals surface area contributed by atoms with E-state index < -0.39 is 0 Å². The molecule has 1 heterocycles. The van der Waals surface area contributed by atoms with Crippen LogP contribution in [0.25, 0.3) is 11.3 Å². The first kappa shape index (κ1) is 10.0. The maximum atomic E-state index is 13.0. The van der Waals surface area contributed by atoms with Gasteiger partial charge in [-0.25, -0.2) is 9.37 Å². The van der Waals surface area contributed by atoms with Crippen LogP contribution in [0.2, 0.25) is 0 Å². The largest absolute Gasteiger partial charge is 0.219 e. The summed E-state index contributed by atoms with van der Waals surface area (Å²) < 4.78 is 13.0. The molecule has 0 saturated carbocycles. The van der Waals surface area contributed by atoms with Gasteiger partial charge in [0, 0.05) is 5.56 Å². The lowest BCUT2D eigenvalue weighted by Gasteiger charge is -2.00. The van der Waals surface area contributed by atoms with Crippen molar-refractivity contribution in [2.24, 2.45) is 0 Å². The third kappa shape index (κ3) is 2.30. The van der Waals surface area contributed by atoms with Crippen LogP contribution in [-0.2, 0) is 0 Å². The third-order valence-electron chi connectivity index (χ3n) is 1.84. The van der Waals surface area contributed by atoms with Gasteiger partial charge < -0.3 is 0 Å². The van der Waals surface area contributed by atoms with Crippen LogP contribution in [0.4, 0.5) is 4.39 Å². The van der Waals surface area contributed by atoms with E-state index in [0.29, 0.717) is 16.4 Å². The van der Waals surface area contributed by atoms with Crippen molar-refractivity contribution in [3.05, 3.63) is 36.3 Å². The minimum atomic E-state index is -0.281. The highest BCUT2D eigenvalue weighted by Crippen LogP contribution is 2.18. The summed E-state index contributed by atoms with van der Waals surface area (Å²) in [4.78, 5) is 4.23. The second-order valence-electron chi connectivity index (χ2n) is 2.84. The number of hydrogen-bond acceptors (Lipinski definition) is 4. The van der Waals surface area contributed by atoms with Crippen molar-refractivity contribution in [3.63, 3.8) is 0 Å². The Morgan fingerprint density at radius 1 is 1.33 bits per heavy atom. The first-order valence-electron chi connectivity index (χ1n) is 4.29. The van der Waals surface area contributed by atoms with E-state index in [1.54, 1.807) is 12.1 Å². The summed E-state index contributed by atoms with van der Waals surface area (Å²) in [6.45, 7) is 0. The Kier molecular flexibility index (Phi) is 2.91. The van der Waals surface area contributed by atoms with E-state index in [-0.39, 0.29) is 5.82 Å². The highest BCUT2D eigenvalue weighted by Gasteiger charge is 2.03. The number of thioether (sulfide) groups is 1. The number of nitrogens with zero attached hydrogens (tertiary/aromatic N) is 3. The molecule has 0 amide bonds. The van der Waals surface area contributed by atoms with Crippen molar-refractivity contribution in [3.8, 4) is 11.3 Å². The topological polar surface area (TPSA) is 38.7 Å². The molecule has 5 heteroatoms. The molecule has 0 atom stereocenters. The number of benzene rings is 1. The Morgan fingerprint density at radius 2 is 2.20 bits per heavy atom. The Bertz CT molecular complexity index is 476. The summed E-state index contributed by atoms with van der Waals surface area (Å²) in [5, 5.41) is 8.20. The molecule has 76 valence electrons. The van der Waals surface area contributed by atoms with Gasteiger partial charge in [0.1, 0.15) is 5.82 Å². The molecular formula is C10H8FN3S. The molecule has 0 unspecified atom stereocenters.